The summed E-state index contributed by atoms with van der Waals surface area (Å²) in [5, 5.41) is 0.138. The van der Waals surface area contributed by atoms with E-state index in [4.69, 9.17) is 22.1 Å². The van der Waals surface area contributed by atoms with E-state index in [0.717, 1.165) is 20.4 Å². The fourth-order valence-corrected chi connectivity index (χ4v) is 4.93. The minimum atomic E-state index is -0.289. The molecule has 0 spiro atoms. The van der Waals surface area contributed by atoms with Crippen molar-refractivity contribution in [2.45, 2.75) is 33.9 Å². The van der Waals surface area contributed by atoms with Crippen molar-refractivity contribution in [2.24, 2.45) is 0 Å². The minimum absolute atomic E-state index is 0.00616. The summed E-state index contributed by atoms with van der Waals surface area (Å²) in [6.45, 7) is 9.93. The van der Waals surface area contributed by atoms with Crippen LogP contribution in [0.3, 0.4) is 0 Å². The molecule has 188 valence electrons. The van der Waals surface area contributed by atoms with E-state index in [1.165, 1.54) is 0 Å². The summed E-state index contributed by atoms with van der Waals surface area (Å²) in [4.78, 5) is 42.4. The first-order valence-corrected chi connectivity index (χ1v) is 12.8. The molecule has 1 fully saturated rings. The molecule has 0 bridgehead atoms. The Hall–Kier alpha value is -2.45. The quantitative estimate of drug-likeness (QED) is 0.331. The number of hydrogen-bond acceptors (Lipinski definition) is 8. The zero-order valence-corrected chi connectivity index (χ0v) is 22.8. The number of aromatic nitrogens is 5. The van der Waals surface area contributed by atoms with Crippen LogP contribution in [0, 0.1) is 17.4 Å². The van der Waals surface area contributed by atoms with Crippen LogP contribution in [0.15, 0.2) is 11.0 Å². The molecule has 0 aromatic carbocycles. The van der Waals surface area contributed by atoms with Gasteiger partial charge in [-0.1, -0.05) is 11.6 Å². The summed E-state index contributed by atoms with van der Waals surface area (Å²) in [6, 6.07) is 0. The minimum Gasteiger partial charge on any atom is -0.450 e. The highest BCUT2D eigenvalue weighted by Gasteiger charge is 2.24. The molecule has 0 atom stereocenters. The van der Waals surface area contributed by atoms with Gasteiger partial charge in [-0.25, -0.2) is 9.59 Å². The predicted molar refractivity (Wildman–Crippen MR) is 142 cm³/mol. The third-order valence-corrected chi connectivity index (χ3v) is 8.12. The Morgan fingerprint density at radius 1 is 1.17 bits per heavy atom. The van der Waals surface area contributed by atoms with Crippen LogP contribution in [0.25, 0.3) is 11.2 Å². The molecule has 0 unspecified atom stereocenters. The van der Waals surface area contributed by atoms with Crippen molar-refractivity contribution in [1.29, 1.82) is 0 Å². The van der Waals surface area contributed by atoms with Gasteiger partial charge in [0.2, 0.25) is 5.95 Å². The normalized spacial score (nSPS) is 14.6. The molecule has 1 aliphatic heterocycles. The maximum Gasteiger partial charge on any atom is 0.409 e. The Labute approximate surface area is 221 Å². The van der Waals surface area contributed by atoms with E-state index in [2.05, 4.69) is 42.4 Å². The maximum absolute atomic E-state index is 13.5. The molecule has 0 aliphatic carbocycles. The number of carbonyl (C=O) groups excluding carboxylic acids is 1. The number of ether oxygens (including phenoxy) is 1. The Balaban J connectivity index is 1.60. The number of anilines is 1. The molecular formula is C22H28ClIN8O3. The van der Waals surface area contributed by atoms with Gasteiger partial charge in [0.25, 0.3) is 0 Å². The van der Waals surface area contributed by atoms with E-state index in [9.17, 15) is 9.59 Å². The van der Waals surface area contributed by atoms with E-state index in [1.807, 2.05) is 13.8 Å². The highest BCUT2D eigenvalue weighted by atomic mass is 127. The van der Waals surface area contributed by atoms with Crippen LogP contribution in [-0.4, -0.2) is 79.3 Å². The van der Waals surface area contributed by atoms with Gasteiger partial charge in [-0.15, -0.1) is 0 Å². The molecule has 1 saturated heterocycles. The molecule has 1 amide bonds. The lowest BCUT2D eigenvalue weighted by Gasteiger charge is -2.33. The molecule has 1 aliphatic rings. The van der Waals surface area contributed by atoms with Crippen molar-refractivity contribution in [2.75, 3.05) is 45.1 Å². The van der Waals surface area contributed by atoms with Crippen LogP contribution in [0.1, 0.15) is 23.7 Å². The monoisotopic (exact) mass is 614 g/mol. The topological polar surface area (TPSA) is 124 Å². The fraction of sp³-hybridized carbons (Fsp3) is 0.500. The smallest absolute Gasteiger partial charge is 0.409 e. The zero-order valence-electron chi connectivity index (χ0n) is 19.9. The molecule has 4 rings (SSSR count). The standard InChI is InChI=1S/C22H28ClIN8O3/c1-4-35-22(34)30-8-5-29(6-9-30)7-10-31-17-18(23)27-20(25)28-19(17)32(21(31)33)12-15-14(3)16(24)13(2)11-26-15/h11H,4-10,12H2,1-3H3,(H2,25,27,28). The summed E-state index contributed by atoms with van der Waals surface area (Å²) in [5.41, 5.74) is 9.35. The SMILES string of the molecule is CCOC(=O)N1CCN(CCn2c(=O)n(Cc3ncc(C)c(I)c3C)c3nc(N)nc(Cl)c32)CC1. The number of pyridine rings is 1. The number of fused-ring (bicyclic) bond motifs is 1. The van der Waals surface area contributed by atoms with E-state index in [0.29, 0.717) is 57.0 Å². The lowest BCUT2D eigenvalue weighted by Crippen LogP contribution is -2.49. The number of amides is 1. The van der Waals surface area contributed by atoms with E-state index >= 15 is 0 Å². The zero-order chi connectivity index (χ0) is 25.3. The fourth-order valence-electron chi connectivity index (χ4n) is 4.20. The third-order valence-electron chi connectivity index (χ3n) is 6.20. The van der Waals surface area contributed by atoms with Gasteiger partial charge in [0.15, 0.2) is 10.8 Å². The van der Waals surface area contributed by atoms with Crippen LogP contribution in [0.5, 0.6) is 0 Å². The first-order valence-electron chi connectivity index (χ1n) is 11.4. The Bertz CT molecular complexity index is 1320. The van der Waals surface area contributed by atoms with Crippen molar-refractivity contribution in [1.82, 2.24) is 33.9 Å². The van der Waals surface area contributed by atoms with Crippen molar-refractivity contribution in [3.63, 3.8) is 0 Å². The molecule has 0 radical (unpaired) electrons. The first-order chi connectivity index (χ1) is 16.7. The van der Waals surface area contributed by atoms with Gasteiger partial charge in [-0.05, 0) is 54.5 Å². The van der Waals surface area contributed by atoms with Crippen LogP contribution < -0.4 is 11.4 Å². The summed E-state index contributed by atoms with van der Waals surface area (Å²) in [6.07, 6.45) is 1.52. The molecular weight excluding hydrogens is 587 g/mol. The number of nitrogens with two attached hydrogens (primary N) is 1. The van der Waals surface area contributed by atoms with Gasteiger partial charge < -0.3 is 15.4 Å². The molecule has 4 heterocycles. The van der Waals surface area contributed by atoms with Gasteiger partial charge in [0.05, 0.1) is 18.8 Å². The lowest BCUT2D eigenvalue weighted by molar-refractivity contribution is 0.0788. The molecule has 0 saturated carbocycles. The number of nitrogen functional groups attached to an aromatic ring is 1. The van der Waals surface area contributed by atoms with Crippen molar-refractivity contribution in [3.05, 3.63) is 42.2 Å². The van der Waals surface area contributed by atoms with Crippen molar-refractivity contribution >= 4 is 57.4 Å². The molecule has 13 heteroatoms. The Morgan fingerprint density at radius 3 is 2.57 bits per heavy atom. The second-order valence-electron chi connectivity index (χ2n) is 8.42. The third kappa shape index (κ3) is 5.23. The van der Waals surface area contributed by atoms with Crippen molar-refractivity contribution < 1.29 is 9.53 Å². The van der Waals surface area contributed by atoms with E-state index in [1.54, 1.807) is 27.2 Å². The lowest BCUT2D eigenvalue weighted by atomic mass is 10.1. The number of aryl methyl sites for hydroxylation is 1. The second kappa shape index (κ2) is 10.7. The summed E-state index contributed by atoms with van der Waals surface area (Å²) in [7, 11) is 0. The predicted octanol–water partition coefficient (Wildman–Crippen LogP) is 2.27. The number of hydrogen-bond donors (Lipinski definition) is 1. The number of piperazine rings is 1. The van der Waals surface area contributed by atoms with Crippen molar-refractivity contribution in [3.8, 4) is 0 Å². The highest BCUT2D eigenvalue weighted by molar-refractivity contribution is 14.1. The Kier molecular flexibility index (Phi) is 7.81. The first kappa shape index (κ1) is 25.6. The molecule has 2 N–H and O–H groups in total. The average molecular weight is 615 g/mol. The van der Waals surface area contributed by atoms with E-state index < -0.39 is 0 Å². The molecule has 11 nitrogen and oxygen atoms in total. The molecule has 35 heavy (non-hydrogen) atoms. The van der Waals surface area contributed by atoms with Gasteiger partial charge in [0, 0.05) is 49.0 Å². The maximum atomic E-state index is 13.5. The average Bonchev–Trinajstić information content (AvgIpc) is 3.09. The Morgan fingerprint density at radius 2 is 1.89 bits per heavy atom. The van der Waals surface area contributed by atoms with Crippen LogP contribution in [-0.2, 0) is 17.8 Å². The number of rotatable bonds is 6. The van der Waals surface area contributed by atoms with Gasteiger partial charge in [-0.2, -0.15) is 9.97 Å². The molecule has 3 aromatic rings. The number of nitrogens with zero attached hydrogens (tertiary/aromatic N) is 7. The highest BCUT2D eigenvalue weighted by Crippen LogP contribution is 2.23. The number of carbonyl (C=O) groups is 1. The number of imidazole rings is 1. The van der Waals surface area contributed by atoms with Gasteiger partial charge in [-0.3, -0.25) is 19.0 Å². The van der Waals surface area contributed by atoms with Crippen LogP contribution in [0.4, 0.5) is 10.7 Å². The number of halogens is 2. The molecule has 3 aromatic heterocycles. The van der Waals surface area contributed by atoms with E-state index in [-0.39, 0.29) is 29.4 Å². The van der Waals surface area contributed by atoms with Crippen LogP contribution >= 0.6 is 34.2 Å². The van der Waals surface area contributed by atoms with Crippen LogP contribution in [0.2, 0.25) is 5.15 Å². The summed E-state index contributed by atoms with van der Waals surface area (Å²) in [5.74, 6) is 0.00616. The summed E-state index contributed by atoms with van der Waals surface area (Å²) >= 11 is 8.74. The second-order valence-corrected chi connectivity index (χ2v) is 9.86. The largest absolute Gasteiger partial charge is 0.450 e. The van der Waals surface area contributed by atoms with Gasteiger partial charge in [0.1, 0.15) is 5.52 Å². The van der Waals surface area contributed by atoms with Gasteiger partial charge >= 0.3 is 11.8 Å². The summed E-state index contributed by atoms with van der Waals surface area (Å²) < 4.78 is 9.35.